The lowest BCUT2D eigenvalue weighted by molar-refractivity contribution is -0.114. The topological polar surface area (TPSA) is 138 Å². The van der Waals surface area contributed by atoms with E-state index >= 15 is 0 Å². The lowest BCUT2D eigenvalue weighted by Gasteiger charge is -2.24. The highest BCUT2D eigenvalue weighted by Gasteiger charge is 2.27. The highest BCUT2D eigenvalue weighted by Crippen LogP contribution is 2.27. The molecular formula is C27H26BrN5O5S2. The molecule has 4 rings (SSSR count). The fourth-order valence-electron chi connectivity index (χ4n) is 3.78. The molecule has 4 aromatic rings. The molecule has 1 heterocycles. The van der Waals surface area contributed by atoms with E-state index in [1.165, 1.54) is 36.4 Å². The Morgan fingerprint density at radius 1 is 0.825 bits per heavy atom. The molecule has 1 aromatic heterocycles. The van der Waals surface area contributed by atoms with Crippen molar-refractivity contribution in [2.75, 3.05) is 20.9 Å². The Bertz CT molecular complexity index is 1740. The van der Waals surface area contributed by atoms with Crippen molar-refractivity contribution in [3.63, 3.8) is 0 Å². The van der Waals surface area contributed by atoms with Crippen molar-refractivity contribution in [2.45, 2.75) is 30.6 Å². The number of nitrogens with zero attached hydrogens (tertiary/aromatic N) is 3. The van der Waals surface area contributed by atoms with Crippen molar-refractivity contribution in [3.05, 3.63) is 100 Å². The van der Waals surface area contributed by atoms with Crippen LogP contribution in [0.25, 0.3) is 0 Å². The van der Waals surface area contributed by atoms with Crippen LogP contribution in [0.4, 0.5) is 17.3 Å². The molecule has 0 unspecified atom stereocenters. The van der Waals surface area contributed by atoms with Gasteiger partial charge in [0.15, 0.2) is 0 Å². The summed E-state index contributed by atoms with van der Waals surface area (Å²) >= 11 is 3.35. The maximum Gasteiger partial charge on any atom is 0.264 e. The zero-order valence-corrected chi connectivity index (χ0v) is 25.0. The van der Waals surface area contributed by atoms with Gasteiger partial charge >= 0.3 is 0 Å². The SMILES string of the molecule is Cc1ccc(S(=O)(=O)N(CC(=O)Nc2ccc(S(=O)(=O)Nc3nc(C)cc(C)n3)cc2)c2cccc(Br)c2)cc1. The van der Waals surface area contributed by atoms with Crippen LogP contribution in [0.15, 0.2) is 93.1 Å². The summed E-state index contributed by atoms with van der Waals surface area (Å²) in [4.78, 5) is 21.2. The van der Waals surface area contributed by atoms with Crippen LogP contribution in [0, 0.1) is 20.8 Å². The average molecular weight is 645 g/mol. The van der Waals surface area contributed by atoms with Crippen molar-refractivity contribution >= 4 is 59.2 Å². The number of anilines is 3. The van der Waals surface area contributed by atoms with Crippen molar-refractivity contribution in [3.8, 4) is 0 Å². The van der Waals surface area contributed by atoms with Gasteiger partial charge in [-0.05, 0) is 81.4 Å². The summed E-state index contributed by atoms with van der Waals surface area (Å²) in [5, 5.41) is 2.64. The summed E-state index contributed by atoms with van der Waals surface area (Å²) in [6.07, 6.45) is 0. The zero-order chi connectivity index (χ0) is 29.1. The molecule has 0 aliphatic heterocycles. The first kappa shape index (κ1) is 29.2. The Balaban J connectivity index is 1.53. The number of halogens is 1. The van der Waals surface area contributed by atoms with Gasteiger partial charge in [-0.25, -0.2) is 31.5 Å². The monoisotopic (exact) mass is 643 g/mol. The molecule has 0 aliphatic rings. The van der Waals surface area contributed by atoms with Crippen LogP contribution in [0.3, 0.4) is 0 Å². The first-order valence-electron chi connectivity index (χ1n) is 11.9. The number of aromatic nitrogens is 2. The van der Waals surface area contributed by atoms with Crippen LogP contribution in [-0.4, -0.2) is 39.3 Å². The van der Waals surface area contributed by atoms with Crippen molar-refractivity contribution in [2.24, 2.45) is 0 Å². The van der Waals surface area contributed by atoms with E-state index in [9.17, 15) is 21.6 Å². The number of hydrogen-bond acceptors (Lipinski definition) is 7. The third-order valence-electron chi connectivity index (χ3n) is 5.65. The molecule has 0 bridgehead atoms. The number of carbonyl (C=O) groups is 1. The van der Waals surface area contributed by atoms with E-state index in [2.05, 4.69) is 35.9 Å². The van der Waals surface area contributed by atoms with E-state index in [-0.39, 0.29) is 21.4 Å². The number of hydrogen-bond donors (Lipinski definition) is 2. The minimum absolute atomic E-state index is 0.0423. The van der Waals surface area contributed by atoms with E-state index in [0.717, 1.165) is 9.87 Å². The third kappa shape index (κ3) is 7.03. The van der Waals surface area contributed by atoms with E-state index in [0.29, 0.717) is 21.5 Å². The first-order chi connectivity index (χ1) is 18.8. The predicted octanol–water partition coefficient (Wildman–Crippen LogP) is 4.80. The second-order valence-electron chi connectivity index (χ2n) is 8.96. The molecule has 3 aromatic carbocycles. The number of benzene rings is 3. The quantitative estimate of drug-likeness (QED) is 0.267. The molecule has 0 saturated heterocycles. The fourth-order valence-corrected chi connectivity index (χ4v) is 6.53. The van der Waals surface area contributed by atoms with Crippen LogP contribution < -0.4 is 14.3 Å². The highest BCUT2D eigenvalue weighted by atomic mass is 79.9. The van der Waals surface area contributed by atoms with Crippen LogP contribution >= 0.6 is 15.9 Å². The van der Waals surface area contributed by atoms with Crippen LogP contribution in [-0.2, 0) is 24.8 Å². The second kappa shape index (κ2) is 11.7. The molecule has 13 heteroatoms. The Kier molecular flexibility index (Phi) is 8.57. The molecule has 0 spiro atoms. The third-order valence-corrected chi connectivity index (χ3v) is 9.27. The van der Waals surface area contributed by atoms with Crippen molar-refractivity contribution in [1.82, 2.24) is 9.97 Å². The second-order valence-corrected chi connectivity index (χ2v) is 13.4. The summed E-state index contributed by atoms with van der Waals surface area (Å²) < 4.78 is 56.7. The largest absolute Gasteiger partial charge is 0.325 e. The molecule has 40 heavy (non-hydrogen) atoms. The van der Waals surface area contributed by atoms with E-state index in [1.54, 1.807) is 56.3 Å². The van der Waals surface area contributed by atoms with Crippen LogP contribution in [0.2, 0.25) is 0 Å². The predicted molar refractivity (Wildman–Crippen MR) is 157 cm³/mol. The average Bonchev–Trinajstić information content (AvgIpc) is 2.87. The van der Waals surface area contributed by atoms with Gasteiger partial charge in [-0.2, -0.15) is 0 Å². The zero-order valence-electron chi connectivity index (χ0n) is 21.8. The van der Waals surface area contributed by atoms with Gasteiger partial charge in [0.2, 0.25) is 11.9 Å². The maximum atomic E-state index is 13.5. The minimum Gasteiger partial charge on any atom is -0.325 e. The van der Waals surface area contributed by atoms with Gasteiger partial charge in [-0.1, -0.05) is 39.7 Å². The number of amides is 1. The van der Waals surface area contributed by atoms with Gasteiger partial charge in [0, 0.05) is 21.5 Å². The molecule has 208 valence electrons. The van der Waals surface area contributed by atoms with Gasteiger partial charge in [0.1, 0.15) is 6.54 Å². The van der Waals surface area contributed by atoms with Gasteiger partial charge in [-0.15, -0.1) is 0 Å². The summed E-state index contributed by atoms with van der Waals surface area (Å²) in [6.45, 7) is 4.79. The van der Waals surface area contributed by atoms with Gasteiger partial charge in [0.25, 0.3) is 20.0 Å². The standard InChI is InChI=1S/C27H26BrN5O5S2/c1-18-7-11-25(12-8-18)40(37,38)33(23-6-4-5-21(28)16-23)17-26(34)31-22-9-13-24(14-10-22)39(35,36)32-27-29-19(2)15-20(3)30-27/h4-16H,17H2,1-3H3,(H,31,34)(H,29,30,32). The molecule has 0 radical (unpaired) electrons. The van der Waals surface area contributed by atoms with Crippen LogP contribution in [0.1, 0.15) is 17.0 Å². The highest BCUT2D eigenvalue weighted by molar-refractivity contribution is 9.10. The summed E-state index contributed by atoms with van der Waals surface area (Å²) in [6, 6.07) is 20.1. The van der Waals surface area contributed by atoms with Gasteiger partial charge in [0.05, 0.1) is 15.5 Å². The van der Waals surface area contributed by atoms with Gasteiger partial charge in [-0.3, -0.25) is 9.10 Å². The Hall–Kier alpha value is -3.81. The van der Waals surface area contributed by atoms with E-state index in [4.69, 9.17) is 0 Å². The van der Waals surface area contributed by atoms with E-state index in [1.807, 2.05) is 6.92 Å². The Morgan fingerprint density at radius 2 is 1.43 bits per heavy atom. The molecule has 0 atom stereocenters. The summed E-state index contributed by atoms with van der Waals surface area (Å²) in [7, 11) is -8.07. The summed E-state index contributed by atoms with van der Waals surface area (Å²) in [5.74, 6) is -0.662. The first-order valence-corrected chi connectivity index (χ1v) is 15.7. The molecule has 0 aliphatic carbocycles. The Morgan fingerprint density at radius 3 is 2.02 bits per heavy atom. The molecule has 0 saturated carbocycles. The number of sulfonamides is 2. The molecular weight excluding hydrogens is 618 g/mol. The van der Waals surface area contributed by atoms with Crippen molar-refractivity contribution in [1.29, 1.82) is 0 Å². The lowest BCUT2D eigenvalue weighted by atomic mass is 10.2. The minimum atomic E-state index is -4.08. The number of rotatable bonds is 9. The maximum absolute atomic E-state index is 13.5. The summed E-state index contributed by atoms with van der Waals surface area (Å²) in [5.41, 5.74) is 2.71. The van der Waals surface area contributed by atoms with Crippen molar-refractivity contribution < 1.29 is 21.6 Å². The molecule has 0 fully saturated rings. The molecule has 1 amide bonds. The number of nitrogens with one attached hydrogen (secondary N) is 2. The smallest absolute Gasteiger partial charge is 0.264 e. The molecule has 10 nitrogen and oxygen atoms in total. The van der Waals surface area contributed by atoms with Gasteiger partial charge < -0.3 is 5.32 Å². The Labute approximate surface area is 241 Å². The number of aryl methyl sites for hydroxylation is 3. The number of carbonyl (C=O) groups excluding carboxylic acids is 1. The fraction of sp³-hybridized carbons (Fsp3) is 0.148. The van der Waals surface area contributed by atoms with E-state index < -0.39 is 32.5 Å². The lowest BCUT2D eigenvalue weighted by Crippen LogP contribution is -2.38. The normalized spacial score (nSPS) is 11.6. The van der Waals surface area contributed by atoms with Crippen LogP contribution in [0.5, 0.6) is 0 Å². The molecule has 2 N–H and O–H groups in total.